The van der Waals surface area contributed by atoms with Gasteiger partial charge >= 0.3 is 5.97 Å². The summed E-state index contributed by atoms with van der Waals surface area (Å²) in [6.07, 6.45) is 2.70. The van der Waals surface area contributed by atoms with Crippen molar-refractivity contribution in [1.29, 1.82) is 0 Å². The van der Waals surface area contributed by atoms with Crippen LogP contribution in [0, 0.1) is 11.3 Å². The monoisotopic (exact) mass is 610 g/mol. The summed E-state index contributed by atoms with van der Waals surface area (Å²) in [5.41, 5.74) is 1.69. The Kier molecular flexibility index (Phi) is 9.52. The van der Waals surface area contributed by atoms with Crippen molar-refractivity contribution in [3.05, 3.63) is 50.1 Å². The van der Waals surface area contributed by atoms with Crippen LogP contribution in [-0.4, -0.2) is 39.0 Å². The van der Waals surface area contributed by atoms with Crippen molar-refractivity contribution in [2.24, 2.45) is 18.4 Å². The molecule has 0 spiro atoms. The normalized spacial score (nSPS) is 15.1. The third kappa shape index (κ3) is 7.09. The molecule has 1 N–H and O–H groups in total. The minimum absolute atomic E-state index is 0.102. The lowest BCUT2D eigenvalue weighted by molar-refractivity contribution is -0.113. The van der Waals surface area contributed by atoms with Gasteiger partial charge in [-0.1, -0.05) is 55.7 Å². The fourth-order valence-corrected chi connectivity index (χ4v) is 6.98. The van der Waals surface area contributed by atoms with Gasteiger partial charge in [-0.25, -0.2) is 4.79 Å². The van der Waals surface area contributed by atoms with Crippen LogP contribution in [0.25, 0.3) is 0 Å². The van der Waals surface area contributed by atoms with Gasteiger partial charge in [0.15, 0.2) is 11.0 Å². The van der Waals surface area contributed by atoms with E-state index in [1.807, 2.05) is 0 Å². The molecule has 39 heavy (non-hydrogen) atoms. The molecule has 210 valence electrons. The van der Waals surface area contributed by atoms with Gasteiger partial charge in [-0.2, -0.15) is 0 Å². The minimum Gasteiger partial charge on any atom is -0.484 e. The largest absolute Gasteiger partial charge is 0.484 e. The van der Waals surface area contributed by atoms with Gasteiger partial charge in [0.2, 0.25) is 5.91 Å². The molecule has 0 radical (unpaired) electrons. The van der Waals surface area contributed by atoms with E-state index < -0.39 is 0 Å². The van der Waals surface area contributed by atoms with Gasteiger partial charge in [0, 0.05) is 16.9 Å². The first kappa shape index (κ1) is 29.7. The number of hydrogen-bond donors (Lipinski definition) is 1. The number of aromatic nitrogens is 3. The van der Waals surface area contributed by atoms with Gasteiger partial charge in [-0.15, -0.1) is 21.5 Å². The van der Waals surface area contributed by atoms with Crippen LogP contribution >= 0.6 is 46.3 Å². The topological polar surface area (TPSA) is 95.3 Å². The number of rotatable bonds is 9. The summed E-state index contributed by atoms with van der Waals surface area (Å²) in [5, 5.41) is 13.4. The molecule has 0 saturated heterocycles. The third-order valence-corrected chi connectivity index (χ3v) is 9.45. The molecule has 1 aliphatic carbocycles. The summed E-state index contributed by atoms with van der Waals surface area (Å²) in [6.45, 7) is 8.96. The Morgan fingerprint density at radius 3 is 2.72 bits per heavy atom. The van der Waals surface area contributed by atoms with E-state index in [1.54, 1.807) is 36.7 Å². The van der Waals surface area contributed by atoms with Crippen molar-refractivity contribution in [2.45, 2.75) is 58.7 Å². The number of carbonyl (C=O) groups is 2. The van der Waals surface area contributed by atoms with Crippen LogP contribution in [0.4, 0.5) is 5.00 Å². The molecule has 1 aliphatic rings. The standard InChI is InChI=1S/C27H32Cl2N4O4S2/c1-6-36-25(35)23-17-9-7-15(27(2,3)4)11-20(17)39-24(23)30-22(34)14-38-26-32-31-21(33(26)5)13-37-19-10-8-16(28)12-18(19)29/h8,10,12,15H,6-7,9,11,13-14H2,1-5H3,(H,30,34)/t15-/m1/s1. The van der Waals surface area contributed by atoms with Crippen molar-refractivity contribution in [3.63, 3.8) is 0 Å². The van der Waals surface area contributed by atoms with Crippen LogP contribution < -0.4 is 10.1 Å². The highest BCUT2D eigenvalue weighted by Gasteiger charge is 2.34. The van der Waals surface area contributed by atoms with E-state index in [4.69, 9.17) is 32.7 Å². The summed E-state index contributed by atoms with van der Waals surface area (Å²) in [7, 11) is 1.81. The van der Waals surface area contributed by atoms with Gasteiger partial charge in [-0.05, 0) is 61.3 Å². The van der Waals surface area contributed by atoms with E-state index in [2.05, 4.69) is 36.3 Å². The van der Waals surface area contributed by atoms with Crippen molar-refractivity contribution in [1.82, 2.24) is 14.8 Å². The second-order valence-corrected chi connectivity index (χ2v) is 13.3. The van der Waals surface area contributed by atoms with E-state index in [9.17, 15) is 9.59 Å². The molecule has 12 heteroatoms. The average Bonchev–Trinajstić information content (AvgIpc) is 3.40. The van der Waals surface area contributed by atoms with Crippen LogP contribution in [0.3, 0.4) is 0 Å². The number of ether oxygens (including phenoxy) is 2. The summed E-state index contributed by atoms with van der Waals surface area (Å²) >= 11 is 14.8. The summed E-state index contributed by atoms with van der Waals surface area (Å²) in [6, 6.07) is 4.99. The zero-order valence-electron chi connectivity index (χ0n) is 22.6. The molecule has 2 aromatic heterocycles. The number of carbonyl (C=O) groups excluding carboxylic acids is 2. The summed E-state index contributed by atoms with van der Waals surface area (Å²) < 4.78 is 12.9. The van der Waals surface area contributed by atoms with Crippen LogP contribution in [0.15, 0.2) is 23.4 Å². The zero-order chi connectivity index (χ0) is 28.3. The lowest BCUT2D eigenvalue weighted by atomic mass is 9.72. The Labute approximate surface area is 246 Å². The lowest BCUT2D eigenvalue weighted by Gasteiger charge is -2.33. The van der Waals surface area contributed by atoms with E-state index >= 15 is 0 Å². The summed E-state index contributed by atoms with van der Waals surface area (Å²) in [5.74, 6) is 1.07. The van der Waals surface area contributed by atoms with Gasteiger partial charge in [0.05, 0.1) is 22.9 Å². The van der Waals surface area contributed by atoms with Crippen LogP contribution in [-0.2, 0) is 36.0 Å². The Morgan fingerprint density at radius 2 is 2.03 bits per heavy atom. The predicted octanol–water partition coefficient (Wildman–Crippen LogP) is 6.82. The number of hydrogen-bond acceptors (Lipinski definition) is 8. The smallest absolute Gasteiger partial charge is 0.341 e. The van der Waals surface area contributed by atoms with Gasteiger partial charge in [-0.3, -0.25) is 4.79 Å². The van der Waals surface area contributed by atoms with Gasteiger partial charge < -0.3 is 19.4 Å². The number of thioether (sulfide) groups is 1. The highest BCUT2D eigenvalue weighted by atomic mass is 35.5. The number of anilines is 1. The molecule has 0 unspecified atom stereocenters. The SMILES string of the molecule is CCOC(=O)c1c(NC(=O)CSc2nnc(COc3ccc(Cl)cc3Cl)n2C)sc2c1CC[C@@H](C(C)(C)C)C2. The van der Waals surface area contributed by atoms with Crippen LogP contribution in [0.2, 0.25) is 10.0 Å². The summed E-state index contributed by atoms with van der Waals surface area (Å²) in [4.78, 5) is 27.0. The first-order valence-electron chi connectivity index (χ1n) is 12.7. The van der Waals surface area contributed by atoms with E-state index in [0.717, 1.165) is 29.7 Å². The quantitative estimate of drug-likeness (QED) is 0.210. The van der Waals surface area contributed by atoms with E-state index in [-0.39, 0.29) is 36.3 Å². The fourth-order valence-electron chi connectivity index (χ4n) is 4.46. The molecule has 0 fully saturated rings. The third-order valence-electron chi connectivity index (χ3n) is 6.73. The molecule has 4 rings (SSSR count). The number of amides is 1. The molecule has 1 amide bonds. The first-order chi connectivity index (χ1) is 18.5. The lowest BCUT2D eigenvalue weighted by Crippen LogP contribution is -2.26. The van der Waals surface area contributed by atoms with Gasteiger partial charge in [0.25, 0.3) is 0 Å². The number of esters is 1. The maximum absolute atomic E-state index is 13.0. The number of nitrogens with one attached hydrogen (secondary N) is 1. The Bertz CT molecular complexity index is 1370. The molecule has 1 atom stereocenters. The molecule has 3 aromatic rings. The van der Waals surface area contributed by atoms with Crippen molar-refractivity contribution >= 4 is 63.2 Å². The molecule has 1 aromatic carbocycles. The van der Waals surface area contributed by atoms with Gasteiger partial charge in [0.1, 0.15) is 17.4 Å². The number of halogens is 2. The second kappa shape index (κ2) is 12.5. The predicted molar refractivity (Wildman–Crippen MR) is 156 cm³/mol. The van der Waals surface area contributed by atoms with E-state index in [0.29, 0.717) is 43.3 Å². The zero-order valence-corrected chi connectivity index (χ0v) is 25.7. The Morgan fingerprint density at radius 1 is 1.26 bits per heavy atom. The molecule has 0 saturated carbocycles. The Hall–Kier alpha value is -2.27. The maximum Gasteiger partial charge on any atom is 0.341 e. The van der Waals surface area contributed by atoms with Crippen LogP contribution in [0.1, 0.15) is 60.7 Å². The second-order valence-electron chi connectivity index (χ2n) is 10.4. The van der Waals surface area contributed by atoms with Crippen molar-refractivity contribution in [2.75, 3.05) is 17.7 Å². The number of fused-ring (bicyclic) bond motifs is 1. The number of thiophene rings is 1. The molecular weight excluding hydrogens is 579 g/mol. The van der Waals surface area contributed by atoms with Crippen molar-refractivity contribution in [3.8, 4) is 5.75 Å². The molecule has 2 heterocycles. The van der Waals surface area contributed by atoms with E-state index in [1.165, 1.54) is 23.1 Å². The minimum atomic E-state index is -0.383. The number of benzene rings is 1. The fraction of sp³-hybridized carbons (Fsp3) is 0.481. The molecule has 8 nitrogen and oxygen atoms in total. The molecule has 0 bridgehead atoms. The Balaban J connectivity index is 1.41. The highest BCUT2D eigenvalue weighted by Crippen LogP contribution is 2.44. The average molecular weight is 612 g/mol. The molecule has 0 aliphatic heterocycles. The van der Waals surface area contributed by atoms with Crippen molar-refractivity contribution < 1.29 is 19.1 Å². The molecular formula is C27H32Cl2N4O4S2. The first-order valence-corrected chi connectivity index (χ1v) is 15.2. The number of nitrogens with zero attached hydrogens (tertiary/aromatic N) is 3. The van der Waals surface area contributed by atoms with Crippen LogP contribution in [0.5, 0.6) is 5.75 Å². The highest BCUT2D eigenvalue weighted by molar-refractivity contribution is 7.99. The maximum atomic E-state index is 13.0.